The van der Waals surface area contributed by atoms with E-state index in [2.05, 4.69) is 26.0 Å². The Bertz CT molecular complexity index is 673. The van der Waals surface area contributed by atoms with Crippen molar-refractivity contribution in [3.63, 3.8) is 0 Å². The Kier molecular flexibility index (Phi) is 4.04. The summed E-state index contributed by atoms with van der Waals surface area (Å²) in [6.45, 7) is 7.54. The summed E-state index contributed by atoms with van der Waals surface area (Å²) in [4.78, 5) is 14.2. The molecule has 3 heterocycles. The van der Waals surface area contributed by atoms with E-state index < -0.39 is 6.04 Å². The van der Waals surface area contributed by atoms with Crippen molar-refractivity contribution in [2.45, 2.75) is 57.5 Å². The molecule has 1 amide bonds. The number of piperidine rings is 1. The first kappa shape index (κ1) is 16.9. The molecule has 1 aromatic carbocycles. The molecule has 5 atom stereocenters. The van der Waals surface area contributed by atoms with Gasteiger partial charge in [-0.2, -0.15) is 0 Å². The van der Waals surface area contributed by atoms with Crippen molar-refractivity contribution in [3.8, 4) is 5.75 Å². The van der Waals surface area contributed by atoms with Crippen LogP contribution in [0.5, 0.6) is 5.75 Å². The minimum atomic E-state index is -0.435. The monoisotopic (exact) mass is 344 g/mol. The molecule has 0 spiro atoms. The Morgan fingerprint density at radius 2 is 2.12 bits per heavy atom. The number of amides is 1. The van der Waals surface area contributed by atoms with Crippen LogP contribution in [0.25, 0.3) is 0 Å². The zero-order valence-electron chi connectivity index (χ0n) is 15.3. The summed E-state index contributed by atoms with van der Waals surface area (Å²) < 4.78 is 12.9. The standard InChI is InChI=1S/C20H28N2O3/c1-12(21)19(23)22-9-8-16-13(11-22)10-15-18(24-16)14-6-4-5-7-17(14)25-20(15,2)3/h4-7,12-13,15-16,18H,8-11,21H2,1-3H3/t12-,13-,15+,16+,18-/m0/s1. The van der Waals surface area contributed by atoms with Crippen LogP contribution >= 0.6 is 0 Å². The second-order valence-corrected chi connectivity index (χ2v) is 8.30. The maximum absolute atomic E-state index is 12.3. The molecule has 0 unspecified atom stereocenters. The molecule has 4 rings (SSSR count). The summed E-state index contributed by atoms with van der Waals surface area (Å²) in [6, 6.07) is 7.79. The molecule has 2 fully saturated rings. The van der Waals surface area contributed by atoms with Gasteiger partial charge >= 0.3 is 0 Å². The van der Waals surface area contributed by atoms with E-state index in [0.29, 0.717) is 5.92 Å². The van der Waals surface area contributed by atoms with Gasteiger partial charge in [0.15, 0.2) is 0 Å². The van der Waals surface area contributed by atoms with Crippen LogP contribution in [0.4, 0.5) is 0 Å². The van der Waals surface area contributed by atoms with E-state index in [-0.39, 0.29) is 29.6 Å². The van der Waals surface area contributed by atoms with E-state index >= 15 is 0 Å². The summed E-state index contributed by atoms with van der Waals surface area (Å²) in [6.07, 6.45) is 2.19. The summed E-state index contributed by atoms with van der Waals surface area (Å²) >= 11 is 0. The molecular formula is C20H28N2O3. The van der Waals surface area contributed by atoms with E-state index in [1.165, 1.54) is 5.56 Å². The van der Waals surface area contributed by atoms with Crippen molar-refractivity contribution >= 4 is 5.91 Å². The fraction of sp³-hybridized carbons (Fsp3) is 0.650. The van der Waals surface area contributed by atoms with E-state index in [9.17, 15) is 4.79 Å². The van der Waals surface area contributed by atoms with E-state index in [1.807, 2.05) is 17.0 Å². The molecule has 2 saturated heterocycles. The molecule has 0 aliphatic carbocycles. The molecule has 0 saturated carbocycles. The number of carbonyl (C=O) groups excluding carboxylic acids is 1. The van der Waals surface area contributed by atoms with Gasteiger partial charge in [-0.1, -0.05) is 18.2 Å². The van der Waals surface area contributed by atoms with Crippen molar-refractivity contribution in [1.82, 2.24) is 4.90 Å². The quantitative estimate of drug-likeness (QED) is 0.850. The van der Waals surface area contributed by atoms with Crippen LogP contribution in [0.15, 0.2) is 24.3 Å². The van der Waals surface area contributed by atoms with Crippen molar-refractivity contribution in [3.05, 3.63) is 29.8 Å². The first-order valence-corrected chi connectivity index (χ1v) is 9.34. The number of rotatable bonds is 1. The number of hydrogen-bond acceptors (Lipinski definition) is 4. The minimum absolute atomic E-state index is 0.0464. The topological polar surface area (TPSA) is 64.8 Å². The van der Waals surface area contributed by atoms with Crippen LogP contribution in [0.3, 0.4) is 0 Å². The average Bonchev–Trinajstić information content (AvgIpc) is 2.59. The first-order valence-electron chi connectivity index (χ1n) is 9.34. The van der Waals surface area contributed by atoms with Crippen LogP contribution < -0.4 is 10.5 Å². The van der Waals surface area contributed by atoms with Crippen molar-refractivity contribution in [2.75, 3.05) is 13.1 Å². The van der Waals surface area contributed by atoms with Crippen LogP contribution in [-0.4, -0.2) is 41.6 Å². The van der Waals surface area contributed by atoms with Gasteiger partial charge in [0, 0.05) is 30.5 Å². The fourth-order valence-electron chi connectivity index (χ4n) is 4.74. The molecular weight excluding hydrogens is 316 g/mol. The van der Waals surface area contributed by atoms with Crippen LogP contribution in [0, 0.1) is 11.8 Å². The molecule has 136 valence electrons. The lowest BCUT2D eigenvalue weighted by molar-refractivity contribution is -0.188. The number of nitrogens with two attached hydrogens (primary N) is 1. The third-order valence-electron chi connectivity index (χ3n) is 6.10. The lowest BCUT2D eigenvalue weighted by Gasteiger charge is -2.53. The summed E-state index contributed by atoms with van der Waals surface area (Å²) in [5.74, 6) is 1.63. The Hall–Kier alpha value is -1.59. The number of likely N-dealkylation sites (tertiary alicyclic amines) is 1. The fourth-order valence-corrected chi connectivity index (χ4v) is 4.74. The van der Waals surface area contributed by atoms with Crippen molar-refractivity contribution < 1.29 is 14.3 Å². The van der Waals surface area contributed by atoms with Gasteiger partial charge in [0.25, 0.3) is 0 Å². The zero-order chi connectivity index (χ0) is 17.8. The van der Waals surface area contributed by atoms with E-state index in [0.717, 1.165) is 31.7 Å². The Labute approximate surface area is 149 Å². The second-order valence-electron chi connectivity index (χ2n) is 8.30. The third kappa shape index (κ3) is 2.83. The summed E-state index contributed by atoms with van der Waals surface area (Å²) in [7, 11) is 0. The number of hydrogen-bond donors (Lipinski definition) is 1. The molecule has 3 aliphatic heterocycles. The predicted octanol–water partition coefficient (Wildman–Crippen LogP) is 2.50. The lowest BCUT2D eigenvalue weighted by atomic mass is 9.70. The maximum atomic E-state index is 12.3. The maximum Gasteiger partial charge on any atom is 0.239 e. The molecule has 0 radical (unpaired) electrons. The highest BCUT2D eigenvalue weighted by atomic mass is 16.5. The zero-order valence-corrected chi connectivity index (χ0v) is 15.3. The molecule has 0 bridgehead atoms. The van der Waals surface area contributed by atoms with Gasteiger partial charge in [0.1, 0.15) is 11.4 Å². The Morgan fingerprint density at radius 3 is 2.88 bits per heavy atom. The summed E-state index contributed by atoms with van der Waals surface area (Å²) in [5.41, 5.74) is 6.68. The highest BCUT2D eigenvalue weighted by Gasteiger charge is 2.51. The van der Waals surface area contributed by atoms with Crippen molar-refractivity contribution in [1.29, 1.82) is 0 Å². The number of benzene rings is 1. The second kappa shape index (κ2) is 5.99. The highest BCUT2D eigenvalue weighted by molar-refractivity contribution is 5.81. The number of para-hydroxylation sites is 1. The van der Waals surface area contributed by atoms with Gasteiger partial charge in [0.05, 0.1) is 18.2 Å². The lowest BCUT2D eigenvalue weighted by Crippen LogP contribution is -2.57. The van der Waals surface area contributed by atoms with Gasteiger partial charge in [-0.15, -0.1) is 0 Å². The first-order chi connectivity index (χ1) is 11.9. The molecule has 3 aliphatic rings. The van der Waals surface area contributed by atoms with Gasteiger partial charge in [-0.3, -0.25) is 4.79 Å². The van der Waals surface area contributed by atoms with Gasteiger partial charge in [-0.25, -0.2) is 0 Å². The van der Waals surface area contributed by atoms with Crippen LogP contribution in [0.2, 0.25) is 0 Å². The molecule has 5 heteroatoms. The Morgan fingerprint density at radius 1 is 1.36 bits per heavy atom. The van der Waals surface area contributed by atoms with Crippen LogP contribution in [0.1, 0.15) is 45.3 Å². The smallest absolute Gasteiger partial charge is 0.239 e. The van der Waals surface area contributed by atoms with E-state index in [1.54, 1.807) is 6.92 Å². The highest BCUT2D eigenvalue weighted by Crippen LogP contribution is 2.52. The normalized spacial score (nSPS) is 34.2. The van der Waals surface area contributed by atoms with Gasteiger partial charge in [0.2, 0.25) is 5.91 Å². The summed E-state index contributed by atoms with van der Waals surface area (Å²) in [5, 5.41) is 0. The van der Waals surface area contributed by atoms with Gasteiger partial charge in [-0.05, 0) is 39.7 Å². The largest absolute Gasteiger partial charge is 0.487 e. The van der Waals surface area contributed by atoms with Gasteiger partial charge < -0.3 is 20.1 Å². The number of ether oxygens (including phenoxy) is 2. The van der Waals surface area contributed by atoms with Crippen LogP contribution in [-0.2, 0) is 9.53 Å². The average molecular weight is 344 g/mol. The number of carbonyl (C=O) groups is 1. The molecule has 2 N–H and O–H groups in total. The molecule has 1 aromatic rings. The number of fused-ring (bicyclic) bond motifs is 4. The van der Waals surface area contributed by atoms with Crippen molar-refractivity contribution in [2.24, 2.45) is 17.6 Å². The van der Waals surface area contributed by atoms with E-state index in [4.69, 9.17) is 15.2 Å². The third-order valence-corrected chi connectivity index (χ3v) is 6.10. The predicted molar refractivity (Wildman–Crippen MR) is 95.2 cm³/mol. The molecule has 0 aromatic heterocycles. The Balaban J connectivity index is 1.58. The minimum Gasteiger partial charge on any atom is -0.487 e. The number of nitrogens with zero attached hydrogens (tertiary/aromatic N) is 1. The molecule has 5 nitrogen and oxygen atoms in total. The molecule has 25 heavy (non-hydrogen) atoms. The SMILES string of the molecule is C[C@H](N)C(=O)N1CC[C@H]2O[C@H]3c4ccccc4OC(C)(C)[C@@H]3C[C@H]2C1.